The van der Waals surface area contributed by atoms with Gasteiger partial charge in [0.15, 0.2) is 0 Å². The van der Waals surface area contributed by atoms with Crippen molar-refractivity contribution in [2.24, 2.45) is 0 Å². The lowest BCUT2D eigenvalue weighted by molar-refractivity contribution is 0.0935. The van der Waals surface area contributed by atoms with E-state index in [-0.39, 0.29) is 11.9 Å². The quantitative estimate of drug-likeness (QED) is 0.878. The van der Waals surface area contributed by atoms with Crippen LogP contribution in [-0.4, -0.2) is 5.91 Å². The molecular weight excluding hydrogens is 226 g/mol. The topological polar surface area (TPSA) is 42.2 Å². The largest absolute Gasteiger partial charge is 0.469 e. The van der Waals surface area contributed by atoms with Crippen molar-refractivity contribution in [1.29, 1.82) is 0 Å². The van der Waals surface area contributed by atoms with Gasteiger partial charge < -0.3 is 9.73 Å². The van der Waals surface area contributed by atoms with Gasteiger partial charge in [0.25, 0.3) is 5.91 Å². The lowest BCUT2D eigenvalue weighted by Crippen LogP contribution is -2.27. The van der Waals surface area contributed by atoms with Crippen LogP contribution in [0.1, 0.15) is 39.7 Å². The molecule has 0 bridgehead atoms. The van der Waals surface area contributed by atoms with Gasteiger partial charge in [-0.05, 0) is 37.0 Å². The van der Waals surface area contributed by atoms with Crippen molar-refractivity contribution in [3.05, 3.63) is 59.0 Å². The Balaban J connectivity index is 1.79. The molecule has 0 unspecified atom stereocenters. The van der Waals surface area contributed by atoms with E-state index in [9.17, 15) is 4.79 Å². The van der Waals surface area contributed by atoms with Crippen molar-refractivity contribution < 1.29 is 9.21 Å². The molecule has 1 atom stereocenters. The lowest BCUT2D eigenvalue weighted by atomic mass is 10.1. The molecule has 0 aliphatic heterocycles. The summed E-state index contributed by atoms with van der Waals surface area (Å²) in [7, 11) is 0. The van der Waals surface area contributed by atoms with Crippen molar-refractivity contribution in [1.82, 2.24) is 5.32 Å². The number of furan rings is 1. The maximum absolute atomic E-state index is 12.1. The highest BCUT2D eigenvalue weighted by atomic mass is 16.3. The monoisotopic (exact) mass is 241 g/mol. The molecule has 3 nitrogen and oxygen atoms in total. The molecule has 1 heterocycles. The van der Waals surface area contributed by atoms with Crippen LogP contribution in [0.5, 0.6) is 0 Å². The predicted molar refractivity (Wildman–Crippen MR) is 68.4 cm³/mol. The number of hydrogen-bond donors (Lipinski definition) is 1. The molecule has 2 aromatic rings. The van der Waals surface area contributed by atoms with Gasteiger partial charge in [-0.2, -0.15) is 0 Å². The molecule has 3 rings (SSSR count). The zero-order valence-corrected chi connectivity index (χ0v) is 10.3. The Hall–Kier alpha value is -2.03. The van der Waals surface area contributed by atoms with Crippen molar-refractivity contribution in [2.75, 3.05) is 0 Å². The Morgan fingerprint density at radius 3 is 2.94 bits per heavy atom. The Bertz CT molecular complexity index is 586. The van der Waals surface area contributed by atoms with E-state index >= 15 is 0 Å². The standard InChI is InChI=1S/C15H15NO2/c1-10-12(8-9-18-10)15(17)16-14-7-6-11-4-2-3-5-13(11)14/h2-5,8-9,14H,6-7H2,1H3,(H,16,17)/t14-/m0/s1. The van der Waals surface area contributed by atoms with Gasteiger partial charge in [0.05, 0.1) is 17.9 Å². The second kappa shape index (κ2) is 4.33. The van der Waals surface area contributed by atoms with Gasteiger partial charge in [-0.15, -0.1) is 0 Å². The third-order valence-corrected chi connectivity index (χ3v) is 3.54. The van der Waals surface area contributed by atoms with E-state index in [0.717, 1.165) is 12.8 Å². The maximum atomic E-state index is 12.1. The van der Waals surface area contributed by atoms with E-state index in [4.69, 9.17) is 4.42 Å². The Kier molecular flexibility index (Phi) is 2.67. The molecule has 1 aromatic heterocycles. The highest BCUT2D eigenvalue weighted by Gasteiger charge is 2.24. The van der Waals surface area contributed by atoms with E-state index < -0.39 is 0 Å². The molecule has 0 fully saturated rings. The second-order valence-electron chi connectivity index (χ2n) is 4.65. The third kappa shape index (κ3) is 1.82. The number of hydrogen-bond acceptors (Lipinski definition) is 2. The molecule has 0 spiro atoms. The van der Waals surface area contributed by atoms with E-state index in [2.05, 4.69) is 17.4 Å². The summed E-state index contributed by atoms with van der Waals surface area (Å²) in [6.45, 7) is 1.80. The fourth-order valence-electron chi connectivity index (χ4n) is 2.56. The first-order chi connectivity index (χ1) is 8.75. The van der Waals surface area contributed by atoms with Crippen LogP contribution in [0.4, 0.5) is 0 Å². The Labute approximate surface area is 106 Å². The average molecular weight is 241 g/mol. The first-order valence-corrected chi connectivity index (χ1v) is 6.18. The first kappa shape index (κ1) is 11.1. The number of fused-ring (bicyclic) bond motifs is 1. The minimum absolute atomic E-state index is 0.0528. The number of aryl methyl sites for hydroxylation is 2. The van der Waals surface area contributed by atoms with E-state index in [1.807, 2.05) is 12.1 Å². The minimum atomic E-state index is -0.0528. The molecule has 1 aromatic carbocycles. The predicted octanol–water partition coefficient (Wildman–Crippen LogP) is 3.01. The summed E-state index contributed by atoms with van der Waals surface area (Å²) in [6.07, 6.45) is 3.56. The van der Waals surface area contributed by atoms with Crippen LogP contribution in [0.15, 0.2) is 41.0 Å². The van der Waals surface area contributed by atoms with Crippen molar-refractivity contribution in [3.8, 4) is 0 Å². The Morgan fingerprint density at radius 1 is 1.33 bits per heavy atom. The summed E-state index contributed by atoms with van der Waals surface area (Å²) >= 11 is 0. The van der Waals surface area contributed by atoms with Gasteiger partial charge >= 0.3 is 0 Å². The number of nitrogens with one attached hydrogen (secondary N) is 1. The van der Waals surface area contributed by atoms with Crippen LogP contribution in [0.2, 0.25) is 0 Å². The number of carbonyl (C=O) groups is 1. The lowest BCUT2D eigenvalue weighted by Gasteiger charge is -2.13. The molecule has 1 N–H and O–H groups in total. The van der Waals surface area contributed by atoms with Gasteiger partial charge in [-0.1, -0.05) is 24.3 Å². The normalized spacial score (nSPS) is 17.5. The van der Waals surface area contributed by atoms with Crippen LogP contribution in [0.3, 0.4) is 0 Å². The molecule has 1 amide bonds. The number of amides is 1. The van der Waals surface area contributed by atoms with Gasteiger partial charge in [0, 0.05) is 0 Å². The van der Waals surface area contributed by atoms with E-state index in [1.54, 1.807) is 19.3 Å². The van der Waals surface area contributed by atoms with Crippen molar-refractivity contribution in [2.45, 2.75) is 25.8 Å². The third-order valence-electron chi connectivity index (χ3n) is 3.54. The van der Waals surface area contributed by atoms with Crippen molar-refractivity contribution in [3.63, 3.8) is 0 Å². The SMILES string of the molecule is Cc1occc1C(=O)N[C@H]1CCc2ccccc21. The minimum Gasteiger partial charge on any atom is -0.469 e. The average Bonchev–Trinajstić information content (AvgIpc) is 2.97. The number of benzene rings is 1. The second-order valence-corrected chi connectivity index (χ2v) is 4.65. The summed E-state index contributed by atoms with van der Waals surface area (Å²) in [5, 5.41) is 3.08. The van der Waals surface area contributed by atoms with Crippen LogP contribution in [-0.2, 0) is 6.42 Å². The highest BCUT2D eigenvalue weighted by Crippen LogP contribution is 2.31. The van der Waals surface area contributed by atoms with Crippen LogP contribution in [0, 0.1) is 6.92 Å². The summed E-state index contributed by atoms with van der Waals surface area (Å²) < 4.78 is 5.16. The van der Waals surface area contributed by atoms with E-state index in [0.29, 0.717) is 11.3 Å². The summed E-state index contributed by atoms with van der Waals surface area (Å²) in [6, 6.07) is 10.1. The van der Waals surface area contributed by atoms with Gasteiger partial charge in [-0.25, -0.2) is 0 Å². The smallest absolute Gasteiger partial charge is 0.255 e. The number of rotatable bonds is 2. The van der Waals surface area contributed by atoms with Gasteiger partial charge in [-0.3, -0.25) is 4.79 Å². The maximum Gasteiger partial charge on any atom is 0.255 e. The zero-order valence-electron chi connectivity index (χ0n) is 10.3. The number of carbonyl (C=O) groups excluding carboxylic acids is 1. The Morgan fingerprint density at radius 2 is 2.17 bits per heavy atom. The van der Waals surface area contributed by atoms with Gasteiger partial charge in [0.1, 0.15) is 5.76 Å². The molecular formula is C15H15NO2. The molecule has 0 radical (unpaired) electrons. The molecule has 92 valence electrons. The molecule has 3 heteroatoms. The van der Waals surface area contributed by atoms with Crippen LogP contribution < -0.4 is 5.32 Å². The van der Waals surface area contributed by atoms with Crippen LogP contribution in [0.25, 0.3) is 0 Å². The highest BCUT2D eigenvalue weighted by molar-refractivity contribution is 5.95. The van der Waals surface area contributed by atoms with Gasteiger partial charge in [0.2, 0.25) is 0 Å². The fraction of sp³-hybridized carbons (Fsp3) is 0.267. The summed E-state index contributed by atoms with van der Waals surface area (Å²) in [4.78, 5) is 12.1. The van der Waals surface area contributed by atoms with Crippen molar-refractivity contribution >= 4 is 5.91 Å². The van der Waals surface area contributed by atoms with Crippen LogP contribution >= 0.6 is 0 Å². The summed E-state index contributed by atoms with van der Waals surface area (Å²) in [5.41, 5.74) is 3.21. The molecule has 1 aliphatic rings. The fourth-order valence-corrected chi connectivity index (χ4v) is 2.56. The van der Waals surface area contributed by atoms with E-state index in [1.165, 1.54) is 11.1 Å². The first-order valence-electron chi connectivity index (χ1n) is 6.18. The molecule has 0 saturated heterocycles. The molecule has 18 heavy (non-hydrogen) atoms. The molecule has 0 saturated carbocycles. The summed E-state index contributed by atoms with van der Waals surface area (Å²) in [5.74, 6) is 0.613. The zero-order chi connectivity index (χ0) is 12.5. The molecule has 1 aliphatic carbocycles.